The normalized spacial score (nSPS) is 17.0. The number of unbranched alkanes of at least 4 members (excludes halogenated alkanes) is 2. The molecule has 4 aromatic carbocycles. The van der Waals surface area contributed by atoms with Crippen LogP contribution in [0.25, 0.3) is 5.69 Å². The van der Waals surface area contributed by atoms with E-state index < -0.39 is 28.9 Å². The Morgan fingerprint density at radius 3 is 1.97 bits per heavy atom. The van der Waals surface area contributed by atoms with Gasteiger partial charge in [0.15, 0.2) is 11.1 Å². The second-order valence-corrected chi connectivity index (χ2v) is 16.1. The van der Waals surface area contributed by atoms with Gasteiger partial charge in [0.05, 0.1) is 22.9 Å². The molecule has 11 nitrogen and oxygen atoms in total. The monoisotopic (exact) mass is 795 g/mol. The molecule has 1 spiro atoms. The average molecular weight is 796 g/mol. The van der Waals surface area contributed by atoms with E-state index in [0.29, 0.717) is 48.4 Å². The van der Waals surface area contributed by atoms with E-state index in [9.17, 15) is 24.6 Å². The number of hydrogen-bond donors (Lipinski definition) is 3. The first-order valence-electron chi connectivity index (χ1n) is 20.7. The van der Waals surface area contributed by atoms with Crippen molar-refractivity contribution < 1.29 is 29.4 Å². The zero-order valence-electron chi connectivity index (χ0n) is 34.1. The number of carbonyl (C=O) groups is 4. The maximum atomic E-state index is 15.1. The third-order valence-electron chi connectivity index (χ3n) is 11.9. The summed E-state index contributed by atoms with van der Waals surface area (Å²) in [5, 5.41) is 29.7. The van der Waals surface area contributed by atoms with Crippen molar-refractivity contribution in [3.63, 3.8) is 0 Å². The number of aliphatic hydroxyl groups is 1. The second kappa shape index (κ2) is 17.4. The van der Waals surface area contributed by atoms with Gasteiger partial charge in [0, 0.05) is 37.4 Å². The molecule has 1 aliphatic heterocycles. The molecule has 1 fully saturated rings. The van der Waals surface area contributed by atoms with Crippen molar-refractivity contribution in [1.29, 1.82) is 0 Å². The molecular weight excluding hydrogens is 743 g/mol. The number of carbonyl (C=O) groups excluding carboxylic acids is 3. The minimum absolute atomic E-state index is 0.0712. The molecule has 1 saturated carbocycles. The lowest BCUT2D eigenvalue weighted by Crippen LogP contribution is -2.48. The van der Waals surface area contributed by atoms with Crippen LogP contribution in [-0.4, -0.2) is 78.2 Å². The minimum Gasteiger partial charge on any atom is -0.480 e. The number of carboxylic acid groups (broad SMARTS) is 1. The van der Waals surface area contributed by atoms with Gasteiger partial charge in [-0.15, -0.1) is 0 Å². The number of nitrogens with zero attached hydrogens (tertiary/aromatic N) is 4. The Morgan fingerprint density at radius 1 is 0.831 bits per heavy atom. The highest BCUT2D eigenvalue weighted by atomic mass is 16.4. The number of amides is 3. The number of aliphatic carboxylic acids is 1. The largest absolute Gasteiger partial charge is 0.480 e. The van der Waals surface area contributed by atoms with Gasteiger partial charge in [-0.05, 0) is 85.5 Å². The van der Waals surface area contributed by atoms with Crippen LogP contribution in [0.5, 0.6) is 0 Å². The molecule has 306 valence electrons. The van der Waals surface area contributed by atoms with Crippen molar-refractivity contribution in [2.75, 3.05) is 18.4 Å². The summed E-state index contributed by atoms with van der Waals surface area (Å²) in [6, 6.07) is 32.6. The summed E-state index contributed by atoms with van der Waals surface area (Å²) in [6.07, 6.45) is 3.68. The number of hydrogen-bond acceptors (Lipinski definition) is 6. The van der Waals surface area contributed by atoms with Crippen molar-refractivity contribution in [2.24, 2.45) is 5.41 Å². The number of nitrogens with one attached hydrogen (secondary N) is 1. The molecule has 1 aromatic heterocycles. The van der Waals surface area contributed by atoms with Crippen molar-refractivity contribution in [2.45, 2.75) is 90.3 Å². The van der Waals surface area contributed by atoms with Crippen molar-refractivity contribution in [1.82, 2.24) is 19.6 Å². The van der Waals surface area contributed by atoms with Crippen LogP contribution in [0.4, 0.5) is 5.69 Å². The van der Waals surface area contributed by atoms with E-state index in [1.807, 2.05) is 72.5 Å². The van der Waals surface area contributed by atoms with Crippen LogP contribution in [0, 0.1) is 12.3 Å². The van der Waals surface area contributed by atoms with Crippen molar-refractivity contribution in [3.8, 4) is 5.69 Å². The van der Waals surface area contributed by atoms with E-state index in [2.05, 4.69) is 19.2 Å². The summed E-state index contributed by atoms with van der Waals surface area (Å²) in [5.41, 5.74) is 2.43. The maximum Gasteiger partial charge on any atom is 0.319 e. The number of fused-ring (bicyclic) bond motifs is 1. The highest BCUT2D eigenvalue weighted by Gasteiger charge is 2.61. The number of benzene rings is 4. The Hall–Kier alpha value is -6.07. The van der Waals surface area contributed by atoms with E-state index in [1.165, 1.54) is 0 Å². The van der Waals surface area contributed by atoms with Crippen LogP contribution in [0.3, 0.4) is 0 Å². The zero-order valence-corrected chi connectivity index (χ0v) is 34.1. The van der Waals surface area contributed by atoms with Gasteiger partial charge in [-0.2, -0.15) is 5.10 Å². The molecule has 0 radical (unpaired) electrons. The molecule has 7 rings (SSSR count). The molecule has 2 heterocycles. The third kappa shape index (κ3) is 8.43. The van der Waals surface area contributed by atoms with Gasteiger partial charge >= 0.3 is 5.97 Å². The highest BCUT2D eigenvalue weighted by molar-refractivity contribution is 6.09. The number of aryl methyl sites for hydroxylation is 1. The summed E-state index contributed by atoms with van der Waals surface area (Å²) in [4.78, 5) is 60.5. The van der Waals surface area contributed by atoms with Gasteiger partial charge in [0.2, 0.25) is 5.91 Å². The molecule has 3 N–H and O–H groups in total. The van der Waals surface area contributed by atoms with Crippen LogP contribution in [-0.2, 0) is 35.4 Å². The summed E-state index contributed by atoms with van der Waals surface area (Å²) in [7, 11) is 0. The van der Waals surface area contributed by atoms with Gasteiger partial charge in [-0.1, -0.05) is 112 Å². The fourth-order valence-corrected chi connectivity index (χ4v) is 8.39. The molecule has 2 atom stereocenters. The predicted molar refractivity (Wildman–Crippen MR) is 226 cm³/mol. The predicted octanol–water partition coefficient (Wildman–Crippen LogP) is 7.42. The molecule has 59 heavy (non-hydrogen) atoms. The smallest absolute Gasteiger partial charge is 0.319 e. The van der Waals surface area contributed by atoms with E-state index in [-0.39, 0.29) is 48.1 Å². The Bertz CT molecular complexity index is 2280. The first-order valence-corrected chi connectivity index (χ1v) is 20.7. The number of aromatic nitrogens is 2. The Kier molecular flexibility index (Phi) is 12.1. The lowest BCUT2D eigenvalue weighted by atomic mass is 9.75. The fraction of sp³-hybridized carbons (Fsp3) is 0.354. The fourth-order valence-electron chi connectivity index (χ4n) is 8.39. The summed E-state index contributed by atoms with van der Waals surface area (Å²) in [6.45, 7) is 7.51. The Morgan fingerprint density at radius 2 is 1.41 bits per heavy atom. The third-order valence-corrected chi connectivity index (χ3v) is 11.9. The minimum atomic E-state index is -1.90. The van der Waals surface area contributed by atoms with E-state index in [1.54, 1.807) is 58.1 Å². The zero-order chi connectivity index (χ0) is 41.7. The van der Waals surface area contributed by atoms with Gasteiger partial charge in [0.25, 0.3) is 11.8 Å². The molecule has 2 unspecified atom stereocenters. The lowest BCUT2D eigenvalue weighted by molar-refractivity contribution is -0.154. The van der Waals surface area contributed by atoms with Crippen LogP contribution in [0.2, 0.25) is 0 Å². The number of carboxylic acids is 1. The van der Waals surface area contributed by atoms with Gasteiger partial charge in [-0.25, -0.2) is 4.68 Å². The molecule has 3 amide bonds. The van der Waals surface area contributed by atoms with Gasteiger partial charge in [-0.3, -0.25) is 19.2 Å². The second-order valence-electron chi connectivity index (χ2n) is 16.1. The van der Waals surface area contributed by atoms with Crippen molar-refractivity contribution >= 4 is 29.4 Å². The molecule has 5 aromatic rings. The SMILES string of the molecule is CCCCN(CCCC)C(=O)c1cc(C)n(-c2ccc(NC(=O)C(Cc3ccccc3)(Cc3ccccc3)C(=O)O)cc2C(=O)N2Cc3ccccc3CC23CC3O)n1. The van der Waals surface area contributed by atoms with E-state index >= 15 is 4.79 Å². The van der Waals surface area contributed by atoms with Crippen LogP contribution >= 0.6 is 0 Å². The summed E-state index contributed by atoms with van der Waals surface area (Å²) in [5.74, 6) is -2.56. The number of aliphatic hydroxyl groups excluding tert-OH is 1. The van der Waals surface area contributed by atoms with Crippen LogP contribution in [0.15, 0.2) is 109 Å². The van der Waals surface area contributed by atoms with E-state index in [4.69, 9.17) is 5.10 Å². The standard InChI is InChI=1S/C48H53N5O6/c1-4-6-24-51(25-7-5-2)44(56)40-26-33(3)53(50-40)41-23-22-38(27-39(41)43(55)52-32-37-21-15-14-20-36(37)30-48(52)31-42(48)54)49-45(57)47(46(58)59,28-34-16-10-8-11-17-34)29-35-18-12-9-13-19-35/h8-23,26-27,42,54H,4-7,24-25,28-32H2,1-3H3,(H,49,57)(H,58,59). The van der Waals surface area contributed by atoms with Crippen LogP contribution < -0.4 is 5.32 Å². The molecule has 0 saturated heterocycles. The van der Waals surface area contributed by atoms with Crippen LogP contribution in [0.1, 0.15) is 94.7 Å². The van der Waals surface area contributed by atoms with Gasteiger partial charge in [0.1, 0.15) is 0 Å². The highest BCUT2D eigenvalue weighted by Crippen LogP contribution is 2.49. The average Bonchev–Trinajstić information content (AvgIpc) is 3.70. The summed E-state index contributed by atoms with van der Waals surface area (Å²) < 4.78 is 1.59. The molecule has 2 aliphatic rings. The molecular formula is C48H53N5O6. The first kappa shape index (κ1) is 41.1. The number of rotatable bonds is 16. The Labute approximate surface area is 345 Å². The maximum absolute atomic E-state index is 15.1. The molecule has 1 aliphatic carbocycles. The lowest BCUT2D eigenvalue weighted by Gasteiger charge is -2.38. The number of anilines is 1. The molecule has 0 bridgehead atoms. The summed E-state index contributed by atoms with van der Waals surface area (Å²) >= 11 is 0. The quantitative estimate of drug-likeness (QED) is 0.0882. The molecule has 11 heteroatoms. The van der Waals surface area contributed by atoms with Crippen molar-refractivity contribution in [3.05, 3.63) is 148 Å². The van der Waals surface area contributed by atoms with Gasteiger partial charge < -0.3 is 25.3 Å². The van der Waals surface area contributed by atoms with E-state index in [0.717, 1.165) is 36.8 Å². The topological polar surface area (TPSA) is 145 Å². The Balaban J connectivity index is 1.30. The first-order chi connectivity index (χ1) is 28.5.